The Balaban J connectivity index is 2.49. The lowest BCUT2D eigenvalue weighted by Gasteiger charge is -2.37. The first kappa shape index (κ1) is 12.5. The third-order valence-corrected chi connectivity index (χ3v) is 3.93. The zero-order valence-electron chi connectivity index (χ0n) is 10.2. The molecule has 0 aromatic rings. The molecule has 3 nitrogen and oxygen atoms in total. The van der Waals surface area contributed by atoms with Crippen molar-refractivity contribution in [2.24, 2.45) is 17.1 Å². The first-order valence-electron chi connectivity index (χ1n) is 6.09. The third kappa shape index (κ3) is 2.51. The molecule has 1 fully saturated rings. The van der Waals surface area contributed by atoms with E-state index in [1.54, 1.807) is 0 Å². The third-order valence-electron chi connectivity index (χ3n) is 3.93. The second kappa shape index (κ2) is 4.97. The second-order valence-electron chi connectivity index (χ2n) is 4.94. The van der Waals surface area contributed by atoms with Crippen LogP contribution in [0.5, 0.6) is 0 Å². The number of nitrogens with two attached hydrogens (primary N) is 1. The molecule has 0 saturated heterocycles. The largest absolute Gasteiger partial charge is 0.353 e. The van der Waals surface area contributed by atoms with Crippen LogP contribution in [-0.4, -0.2) is 18.5 Å². The SMILES string of the molecule is CCC(CC)(CN)C(=O)NC1CC(C)C1. The number of hydrogen-bond acceptors (Lipinski definition) is 2. The lowest BCUT2D eigenvalue weighted by atomic mass is 9.78. The zero-order valence-corrected chi connectivity index (χ0v) is 10.2. The van der Waals surface area contributed by atoms with E-state index in [0.29, 0.717) is 12.6 Å². The van der Waals surface area contributed by atoms with Crippen LogP contribution in [0.15, 0.2) is 0 Å². The minimum Gasteiger partial charge on any atom is -0.353 e. The van der Waals surface area contributed by atoms with Crippen LogP contribution in [0, 0.1) is 11.3 Å². The predicted molar refractivity (Wildman–Crippen MR) is 62.4 cm³/mol. The summed E-state index contributed by atoms with van der Waals surface area (Å²) in [5.41, 5.74) is 5.40. The number of hydrogen-bond donors (Lipinski definition) is 2. The first-order valence-corrected chi connectivity index (χ1v) is 6.09. The van der Waals surface area contributed by atoms with Gasteiger partial charge in [0.1, 0.15) is 0 Å². The summed E-state index contributed by atoms with van der Waals surface area (Å²) in [5.74, 6) is 0.928. The summed E-state index contributed by atoms with van der Waals surface area (Å²) in [5, 5.41) is 3.12. The van der Waals surface area contributed by atoms with Crippen molar-refractivity contribution in [3.05, 3.63) is 0 Å². The summed E-state index contributed by atoms with van der Waals surface area (Å²) >= 11 is 0. The van der Waals surface area contributed by atoms with Crippen molar-refractivity contribution in [3.63, 3.8) is 0 Å². The zero-order chi connectivity index (χ0) is 11.5. The van der Waals surface area contributed by atoms with Crippen LogP contribution in [0.3, 0.4) is 0 Å². The van der Waals surface area contributed by atoms with Crippen LogP contribution < -0.4 is 11.1 Å². The highest BCUT2D eigenvalue weighted by atomic mass is 16.2. The second-order valence-corrected chi connectivity index (χ2v) is 4.94. The molecule has 1 rings (SSSR count). The summed E-state index contributed by atoms with van der Waals surface area (Å²) in [4.78, 5) is 12.1. The molecule has 1 amide bonds. The summed E-state index contributed by atoms with van der Waals surface area (Å²) in [6, 6.07) is 0.400. The fraction of sp³-hybridized carbons (Fsp3) is 0.917. The number of carbonyl (C=O) groups is 1. The quantitative estimate of drug-likeness (QED) is 0.728. The highest BCUT2D eigenvalue weighted by molar-refractivity contribution is 5.83. The Kier molecular flexibility index (Phi) is 4.14. The lowest BCUT2D eigenvalue weighted by molar-refractivity contribution is -0.132. The van der Waals surface area contributed by atoms with Gasteiger partial charge in [0.2, 0.25) is 5.91 Å². The maximum atomic E-state index is 12.1. The number of carbonyl (C=O) groups excluding carboxylic acids is 1. The monoisotopic (exact) mass is 212 g/mol. The Labute approximate surface area is 92.8 Å². The van der Waals surface area contributed by atoms with Gasteiger partial charge >= 0.3 is 0 Å². The molecular formula is C12H24N2O. The van der Waals surface area contributed by atoms with Crippen molar-refractivity contribution < 1.29 is 4.79 Å². The molecule has 0 unspecified atom stereocenters. The standard InChI is InChI=1S/C12H24N2O/c1-4-12(5-2,8-13)11(15)14-10-6-9(3)7-10/h9-10H,4-8,13H2,1-3H3,(H,14,15). The molecule has 0 aromatic carbocycles. The van der Waals surface area contributed by atoms with Gasteiger partial charge < -0.3 is 11.1 Å². The van der Waals surface area contributed by atoms with Crippen molar-refractivity contribution in [1.29, 1.82) is 0 Å². The maximum absolute atomic E-state index is 12.1. The van der Waals surface area contributed by atoms with E-state index >= 15 is 0 Å². The average molecular weight is 212 g/mol. The van der Waals surface area contributed by atoms with E-state index in [-0.39, 0.29) is 11.3 Å². The van der Waals surface area contributed by atoms with Gasteiger partial charge in [-0.3, -0.25) is 4.79 Å². The average Bonchev–Trinajstić information content (AvgIpc) is 2.19. The minimum absolute atomic E-state index is 0.159. The molecular weight excluding hydrogens is 188 g/mol. The molecule has 3 N–H and O–H groups in total. The van der Waals surface area contributed by atoms with Gasteiger partial charge in [-0.05, 0) is 31.6 Å². The summed E-state index contributed by atoms with van der Waals surface area (Å²) in [6.45, 7) is 6.76. The molecule has 0 radical (unpaired) electrons. The van der Waals surface area contributed by atoms with Crippen LogP contribution in [0.1, 0.15) is 46.5 Å². The van der Waals surface area contributed by atoms with Gasteiger partial charge in [0.15, 0.2) is 0 Å². The molecule has 0 atom stereocenters. The normalized spacial score (nSPS) is 25.9. The Morgan fingerprint density at radius 3 is 2.27 bits per heavy atom. The highest BCUT2D eigenvalue weighted by Crippen LogP contribution is 2.30. The van der Waals surface area contributed by atoms with Crippen molar-refractivity contribution in [2.45, 2.75) is 52.5 Å². The molecule has 1 aliphatic rings. The van der Waals surface area contributed by atoms with Gasteiger partial charge in [-0.2, -0.15) is 0 Å². The molecule has 3 heteroatoms. The van der Waals surface area contributed by atoms with E-state index in [4.69, 9.17) is 5.73 Å². The number of rotatable bonds is 5. The van der Waals surface area contributed by atoms with Crippen LogP contribution in [-0.2, 0) is 4.79 Å². The molecule has 15 heavy (non-hydrogen) atoms. The molecule has 0 aromatic heterocycles. The maximum Gasteiger partial charge on any atom is 0.227 e. The Morgan fingerprint density at radius 2 is 1.93 bits per heavy atom. The van der Waals surface area contributed by atoms with Crippen molar-refractivity contribution in [1.82, 2.24) is 5.32 Å². The van der Waals surface area contributed by atoms with Crippen LogP contribution in [0.25, 0.3) is 0 Å². The lowest BCUT2D eigenvalue weighted by Crippen LogP contribution is -2.52. The minimum atomic E-state index is -0.334. The van der Waals surface area contributed by atoms with Gasteiger partial charge in [-0.25, -0.2) is 0 Å². The molecule has 0 bridgehead atoms. The highest BCUT2D eigenvalue weighted by Gasteiger charge is 2.36. The fourth-order valence-corrected chi connectivity index (χ4v) is 2.31. The van der Waals surface area contributed by atoms with Crippen LogP contribution in [0.4, 0.5) is 0 Å². The van der Waals surface area contributed by atoms with Crippen molar-refractivity contribution >= 4 is 5.91 Å². The van der Waals surface area contributed by atoms with Gasteiger partial charge in [-0.1, -0.05) is 20.8 Å². The van der Waals surface area contributed by atoms with Gasteiger partial charge in [0.05, 0.1) is 5.41 Å². The first-order chi connectivity index (χ1) is 7.07. The number of nitrogens with one attached hydrogen (secondary N) is 1. The smallest absolute Gasteiger partial charge is 0.227 e. The molecule has 1 aliphatic carbocycles. The molecule has 1 saturated carbocycles. The molecule has 0 aliphatic heterocycles. The molecule has 0 heterocycles. The van der Waals surface area contributed by atoms with Crippen LogP contribution >= 0.6 is 0 Å². The van der Waals surface area contributed by atoms with Gasteiger partial charge in [-0.15, -0.1) is 0 Å². The van der Waals surface area contributed by atoms with E-state index in [0.717, 1.165) is 31.6 Å². The topological polar surface area (TPSA) is 55.1 Å². The Hall–Kier alpha value is -0.570. The van der Waals surface area contributed by atoms with E-state index in [2.05, 4.69) is 12.2 Å². The Morgan fingerprint density at radius 1 is 1.40 bits per heavy atom. The summed E-state index contributed by atoms with van der Waals surface area (Å²) in [6.07, 6.45) is 3.90. The van der Waals surface area contributed by atoms with Gasteiger partial charge in [0.25, 0.3) is 0 Å². The van der Waals surface area contributed by atoms with E-state index < -0.39 is 0 Å². The molecule has 88 valence electrons. The van der Waals surface area contributed by atoms with E-state index in [1.807, 2.05) is 13.8 Å². The van der Waals surface area contributed by atoms with Crippen molar-refractivity contribution in [3.8, 4) is 0 Å². The van der Waals surface area contributed by atoms with E-state index in [9.17, 15) is 4.79 Å². The number of amides is 1. The van der Waals surface area contributed by atoms with Crippen molar-refractivity contribution in [2.75, 3.05) is 6.54 Å². The van der Waals surface area contributed by atoms with E-state index in [1.165, 1.54) is 0 Å². The summed E-state index contributed by atoms with van der Waals surface area (Å²) in [7, 11) is 0. The molecule has 0 spiro atoms. The summed E-state index contributed by atoms with van der Waals surface area (Å²) < 4.78 is 0. The predicted octanol–water partition coefficient (Wildman–Crippen LogP) is 1.67. The fourth-order valence-electron chi connectivity index (χ4n) is 2.31. The van der Waals surface area contributed by atoms with Crippen LogP contribution in [0.2, 0.25) is 0 Å². The van der Waals surface area contributed by atoms with Gasteiger partial charge in [0, 0.05) is 12.6 Å². The Bertz CT molecular complexity index is 209.